The first-order valence-electron chi connectivity index (χ1n) is 9.96. The molecule has 8 nitrogen and oxygen atoms in total. The van der Waals surface area contributed by atoms with Gasteiger partial charge in [-0.05, 0) is 37.1 Å². The Morgan fingerprint density at radius 2 is 2.24 bits per heavy atom. The quantitative estimate of drug-likeness (QED) is 0.633. The molecule has 1 amide bonds. The lowest BCUT2D eigenvalue weighted by Gasteiger charge is -2.35. The molecule has 4 heterocycles. The van der Waals surface area contributed by atoms with Gasteiger partial charge in [-0.1, -0.05) is 12.1 Å². The molecule has 3 aromatic rings. The van der Waals surface area contributed by atoms with Gasteiger partial charge in [-0.25, -0.2) is 4.98 Å². The Kier molecular flexibility index (Phi) is 5.59. The summed E-state index contributed by atoms with van der Waals surface area (Å²) in [5.74, 6) is 2.74. The molecule has 1 aliphatic rings. The number of carbonyl (C=O) groups is 1. The van der Waals surface area contributed by atoms with Crippen molar-refractivity contribution < 1.29 is 13.7 Å². The van der Waals surface area contributed by atoms with Crippen molar-refractivity contribution in [3.63, 3.8) is 0 Å². The number of aromatic nitrogens is 3. The molecule has 3 aromatic heterocycles. The minimum atomic E-state index is -0.0879. The van der Waals surface area contributed by atoms with Crippen LogP contribution in [-0.2, 0) is 17.8 Å². The molecule has 1 atom stereocenters. The lowest BCUT2D eigenvalue weighted by atomic mass is 9.96. The van der Waals surface area contributed by atoms with Gasteiger partial charge < -0.3 is 18.7 Å². The Hall–Kier alpha value is -3.16. The number of amides is 1. The van der Waals surface area contributed by atoms with E-state index in [1.807, 2.05) is 38.2 Å². The number of furan rings is 1. The topological polar surface area (TPSA) is 88.5 Å². The average Bonchev–Trinajstić information content (AvgIpc) is 3.45. The van der Waals surface area contributed by atoms with Crippen molar-refractivity contribution in [1.29, 1.82) is 0 Å². The summed E-state index contributed by atoms with van der Waals surface area (Å²) in [5, 5.41) is 4.10. The first kappa shape index (κ1) is 19.2. The Morgan fingerprint density at radius 3 is 3.00 bits per heavy atom. The van der Waals surface area contributed by atoms with Crippen LogP contribution in [0.5, 0.6) is 0 Å². The van der Waals surface area contributed by atoms with E-state index >= 15 is 0 Å². The fourth-order valence-corrected chi connectivity index (χ4v) is 3.73. The summed E-state index contributed by atoms with van der Waals surface area (Å²) in [6, 6.07) is 7.53. The second kappa shape index (κ2) is 8.46. The van der Waals surface area contributed by atoms with Gasteiger partial charge in [0.15, 0.2) is 0 Å². The highest BCUT2D eigenvalue weighted by Crippen LogP contribution is 2.30. The standard InChI is InChI=1S/C21H25N5O3/c1-3-18-23-19(24-29-18)17-9-4-10-22-20(17)26-11-5-7-15(13-26)21(27)25(2)14-16-8-6-12-28-16/h4,6,8-10,12,15H,3,5,7,11,13-14H2,1-2H3. The number of hydrogen-bond acceptors (Lipinski definition) is 7. The molecular weight excluding hydrogens is 370 g/mol. The number of carbonyl (C=O) groups excluding carboxylic acids is 1. The second-order valence-electron chi connectivity index (χ2n) is 7.30. The van der Waals surface area contributed by atoms with Crippen molar-refractivity contribution in [2.45, 2.75) is 32.7 Å². The van der Waals surface area contributed by atoms with Crippen molar-refractivity contribution in [3.05, 3.63) is 48.4 Å². The van der Waals surface area contributed by atoms with E-state index in [-0.39, 0.29) is 11.8 Å². The van der Waals surface area contributed by atoms with Gasteiger partial charge in [-0.15, -0.1) is 0 Å². The molecule has 1 aliphatic heterocycles. The van der Waals surface area contributed by atoms with Gasteiger partial charge in [0, 0.05) is 32.8 Å². The van der Waals surface area contributed by atoms with Crippen molar-refractivity contribution in [1.82, 2.24) is 20.0 Å². The van der Waals surface area contributed by atoms with Crippen LogP contribution < -0.4 is 4.90 Å². The molecule has 0 radical (unpaired) electrons. The fraction of sp³-hybridized carbons (Fsp3) is 0.429. The summed E-state index contributed by atoms with van der Waals surface area (Å²) in [7, 11) is 1.82. The van der Waals surface area contributed by atoms with E-state index < -0.39 is 0 Å². The number of hydrogen-bond donors (Lipinski definition) is 0. The smallest absolute Gasteiger partial charge is 0.227 e. The molecule has 1 unspecified atom stereocenters. The Balaban J connectivity index is 1.51. The van der Waals surface area contributed by atoms with Crippen LogP contribution in [0.2, 0.25) is 0 Å². The minimum Gasteiger partial charge on any atom is -0.467 e. The molecule has 29 heavy (non-hydrogen) atoms. The Bertz CT molecular complexity index is 953. The highest BCUT2D eigenvalue weighted by atomic mass is 16.5. The minimum absolute atomic E-state index is 0.0879. The zero-order valence-corrected chi connectivity index (χ0v) is 16.7. The molecule has 1 fully saturated rings. The SMILES string of the molecule is CCc1nc(-c2cccnc2N2CCCC(C(=O)N(C)Cc3ccco3)C2)no1. The van der Waals surface area contributed by atoms with Crippen LogP contribution in [-0.4, -0.2) is 46.1 Å². The third-order valence-electron chi connectivity index (χ3n) is 5.22. The van der Waals surface area contributed by atoms with Crippen LogP contribution in [0.25, 0.3) is 11.4 Å². The number of nitrogens with zero attached hydrogens (tertiary/aromatic N) is 5. The summed E-state index contributed by atoms with van der Waals surface area (Å²) in [5.41, 5.74) is 0.827. The molecule has 0 aromatic carbocycles. The van der Waals surface area contributed by atoms with Gasteiger partial charge >= 0.3 is 0 Å². The van der Waals surface area contributed by atoms with Gasteiger partial charge in [0.25, 0.3) is 0 Å². The maximum Gasteiger partial charge on any atom is 0.227 e. The molecule has 0 aliphatic carbocycles. The van der Waals surface area contributed by atoms with Crippen LogP contribution in [0.4, 0.5) is 5.82 Å². The summed E-state index contributed by atoms with van der Waals surface area (Å²) in [6.07, 6.45) is 5.86. The Morgan fingerprint density at radius 1 is 1.34 bits per heavy atom. The first-order valence-corrected chi connectivity index (χ1v) is 9.96. The predicted molar refractivity (Wildman–Crippen MR) is 107 cm³/mol. The van der Waals surface area contributed by atoms with Gasteiger partial charge in [-0.3, -0.25) is 4.79 Å². The third kappa shape index (κ3) is 4.16. The number of anilines is 1. The molecule has 152 valence electrons. The van der Waals surface area contributed by atoms with Crippen LogP contribution >= 0.6 is 0 Å². The largest absolute Gasteiger partial charge is 0.467 e. The van der Waals surface area contributed by atoms with Crippen molar-refractivity contribution >= 4 is 11.7 Å². The zero-order valence-electron chi connectivity index (χ0n) is 16.7. The highest BCUT2D eigenvalue weighted by molar-refractivity contribution is 5.80. The normalized spacial score (nSPS) is 16.8. The summed E-state index contributed by atoms with van der Waals surface area (Å²) in [6.45, 7) is 3.90. The highest BCUT2D eigenvalue weighted by Gasteiger charge is 2.30. The maximum atomic E-state index is 13.0. The summed E-state index contributed by atoms with van der Waals surface area (Å²) >= 11 is 0. The third-order valence-corrected chi connectivity index (χ3v) is 5.22. The monoisotopic (exact) mass is 395 g/mol. The number of piperidine rings is 1. The van der Waals surface area contributed by atoms with Gasteiger partial charge in [-0.2, -0.15) is 4.98 Å². The van der Waals surface area contributed by atoms with E-state index in [9.17, 15) is 4.79 Å². The maximum absolute atomic E-state index is 13.0. The van der Waals surface area contributed by atoms with Crippen LogP contribution in [0.1, 0.15) is 31.4 Å². The molecule has 0 saturated carbocycles. The van der Waals surface area contributed by atoms with Crippen LogP contribution in [0.3, 0.4) is 0 Å². The van der Waals surface area contributed by atoms with E-state index in [0.29, 0.717) is 31.2 Å². The van der Waals surface area contributed by atoms with Crippen LogP contribution in [0, 0.1) is 5.92 Å². The summed E-state index contributed by atoms with van der Waals surface area (Å²) < 4.78 is 10.6. The molecule has 0 bridgehead atoms. The predicted octanol–water partition coefficient (Wildman–Crippen LogP) is 3.16. The molecule has 0 spiro atoms. The summed E-state index contributed by atoms with van der Waals surface area (Å²) in [4.78, 5) is 25.9. The van der Waals surface area contributed by atoms with Crippen molar-refractivity contribution in [2.75, 3.05) is 25.0 Å². The van der Waals surface area contributed by atoms with E-state index in [0.717, 1.165) is 36.5 Å². The van der Waals surface area contributed by atoms with E-state index in [2.05, 4.69) is 20.0 Å². The molecule has 0 N–H and O–H groups in total. The van der Waals surface area contributed by atoms with Crippen molar-refractivity contribution in [2.24, 2.45) is 5.92 Å². The van der Waals surface area contributed by atoms with E-state index in [1.165, 1.54) is 0 Å². The molecule has 8 heteroatoms. The van der Waals surface area contributed by atoms with Gasteiger partial charge in [0.2, 0.25) is 17.6 Å². The average molecular weight is 395 g/mol. The lowest BCUT2D eigenvalue weighted by Crippen LogP contribution is -2.44. The number of pyridine rings is 1. The molecule has 1 saturated heterocycles. The fourth-order valence-electron chi connectivity index (χ4n) is 3.73. The van der Waals surface area contributed by atoms with E-state index in [1.54, 1.807) is 17.4 Å². The number of aryl methyl sites for hydroxylation is 1. The van der Waals surface area contributed by atoms with E-state index in [4.69, 9.17) is 8.94 Å². The zero-order chi connectivity index (χ0) is 20.2. The second-order valence-corrected chi connectivity index (χ2v) is 7.30. The van der Waals surface area contributed by atoms with Crippen LogP contribution in [0.15, 0.2) is 45.7 Å². The number of rotatable bonds is 6. The molecule has 4 rings (SSSR count). The molecular formula is C21H25N5O3. The Labute approximate surface area is 169 Å². The van der Waals surface area contributed by atoms with Crippen molar-refractivity contribution in [3.8, 4) is 11.4 Å². The van der Waals surface area contributed by atoms with Gasteiger partial charge in [0.1, 0.15) is 11.6 Å². The van der Waals surface area contributed by atoms with Gasteiger partial charge in [0.05, 0.1) is 24.3 Å². The lowest BCUT2D eigenvalue weighted by molar-refractivity contribution is -0.135. The first-order chi connectivity index (χ1) is 14.2.